The molecule has 2 atom stereocenters. The monoisotopic (exact) mass is 535 g/mol. The van der Waals surface area contributed by atoms with E-state index in [9.17, 15) is 18.0 Å². The largest absolute Gasteiger partial charge is 0.473 e. The average Bonchev–Trinajstić information content (AvgIpc) is 2.92. The van der Waals surface area contributed by atoms with Crippen LogP contribution in [-0.2, 0) is 22.2 Å². The van der Waals surface area contributed by atoms with Crippen LogP contribution in [0.5, 0.6) is 5.75 Å². The summed E-state index contributed by atoms with van der Waals surface area (Å²) in [7, 11) is 1.70. The number of anilines is 1. The van der Waals surface area contributed by atoms with E-state index in [2.05, 4.69) is 15.3 Å². The maximum Gasteiger partial charge on any atom is 0.416 e. The lowest BCUT2D eigenvalue weighted by atomic mass is 9.99. The van der Waals surface area contributed by atoms with Gasteiger partial charge in [-0.3, -0.25) is 4.79 Å². The molecule has 2 fully saturated rings. The van der Waals surface area contributed by atoms with E-state index < -0.39 is 11.7 Å². The Morgan fingerprint density at radius 3 is 2.71 bits per heavy atom. The fraction of sp³-hybridized carbons (Fsp3) is 0.577. The molecule has 38 heavy (non-hydrogen) atoms. The first kappa shape index (κ1) is 26.6. The van der Waals surface area contributed by atoms with Gasteiger partial charge in [0.25, 0.3) is 5.91 Å². The first-order chi connectivity index (χ1) is 18.2. The number of ether oxygens (including phenoxy) is 3. The molecule has 0 radical (unpaired) electrons. The maximum absolute atomic E-state index is 13.4. The van der Waals surface area contributed by atoms with Crippen molar-refractivity contribution in [1.82, 2.24) is 20.2 Å². The van der Waals surface area contributed by atoms with Gasteiger partial charge in [0, 0.05) is 50.0 Å². The molecule has 1 aromatic heterocycles. The highest BCUT2D eigenvalue weighted by atomic mass is 19.4. The highest BCUT2D eigenvalue weighted by Gasteiger charge is 2.34. The number of rotatable bonds is 5. The van der Waals surface area contributed by atoms with Gasteiger partial charge in [-0.15, -0.1) is 0 Å². The van der Waals surface area contributed by atoms with E-state index in [4.69, 9.17) is 14.2 Å². The van der Waals surface area contributed by atoms with Crippen molar-refractivity contribution in [1.29, 1.82) is 0 Å². The van der Waals surface area contributed by atoms with Crippen LogP contribution in [0.3, 0.4) is 0 Å². The van der Waals surface area contributed by atoms with Crippen LogP contribution in [0.4, 0.5) is 19.0 Å². The zero-order chi connectivity index (χ0) is 26.9. The van der Waals surface area contributed by atoms with Gasteiger partial charge in [-0.2, -0.15) is 13.2 Å². The van der Waals surface area contributed by atoms with E-state index in [1.807, 2.05) is 0 Å². The number of carbonyl (C=O) groups excluding carboxylic acids is 1. The van der Waals surface area contributed by atoms with E-state index in [-0.39, 0.29) is 37.4 Å². The molecule has 1 aromatic carbocycles. The van der Waals surface area contributed by atoms with Gasteiger partial charge in [-0.05, 0) is 44.4 Å². The summed E-state index contributed by atoms with van der Waals surface area (Å²) >= 11 is 0. The van der Waals surface area contributed by atoms with Crippen LogP contribution in [0.15, 0.2) is 24.5 Å². The third kappa shape index (κ3) is 5.57. The van der Waals surface area contributed by atoms with Crippen LogP contribution >= 0.6 is 0 Å². The van der Waals surface area contributed by atoms with Gasteiger partial charge in [-0.1, -0.05) is 0 Å². The van der Waals surface area contributed by atoms with E-state index in [0.717, 1.165) is 31.4 Å². The second-order valence-electron chi connectivity index (χ2n) is 9.94. The molecular formula is C26H32F3N5O4. The van der Waals surface area contributed by atoms with Crippen molar-refractivity contribution < 1.29 is 32.2 Å². The van der Waals surface area contributed by atoms with Crippen molar-refractivity contribution in [2.45, 2.75) is 57.1 Å². The van der Waals surface area contributed by atoms with Crippen LogP contribution in [0.2, 0.25) is 0 Å². The molecule has 3 aliphatic rings. The number of fused-ring (bicyclic) bond motifs is 1. The normalized spacial score (nSPS) is 22.7. The number of amides is 1. The van der Waals surface area contributed by atoms with Gasteiger partial charge in [0.05, 0.1) is 24.8 Å². The third-order valence-corrected chi connectivity index (χ3v) is 7.52. The Kier molecular flexibility index (Phi) is 7.73. The van der Waals surface area contributed by atoms with E-state index in [0.29, 0.717) is 54.7 Å². The smallest absolute Gasteiger partial charge is 0.416 e. The molecule has 0 aliphatic carbocycles. The molecule has 0 bridgehead atoms. The lowest BCUT2D eigenvalue weighted by Crippen LogP contribution is -2.54. The fourth-order valence-electron chi connectivity index (χ4n) is 5.37. The van der Waals surface area contributed by atoms with Crippen molar-refractivity contribution in [3.8, 4) is 5.75 Å². The SMILES string of the molecule is COC1COCCC1NC1CCN(C(=O)c2ncnc(N3COc4ccc(C(F)(F)F)cc4C3)c2C)CC1. The van der Waals surface area contributed by atoms with Crippen LogP contribution in [-0.4, -0.2) is 79.1 Å². The van der Waals surface area contributed by atoms with E-state index in [1.165, 1.54) is 12.4 Å². The Balaban J connectivity index is 1.24. The molecule has 1 N–H and O–H groups in total. The number of aromatic nitrogens is 2. The number of nitrogens with one attached hydrogen (secondary N) is 1. The molecule has 2 saturated heterocycles. The lowest BCUT2D eigenvalue weighted by Gasteiger charge is -2.38. The lowest BCUT2D eigenvalue weighted by molar-refractivity contribution is -0.137. The minimum absolute atomic E-state index is 0.0243. The Morgan fingerprint density at radius 2 is 1.97 bits per heavy atom. The summed E-state index contributed by atoms with van der Waals surface area (Å²) in [6, 6.07) is 3.97. The minimum Gasteiger partial charge on any atom is -0.473 e. The van der Waals surface area contributed by atoms with Gasteiger partial charge in [0.1, 0.15) is 23.6 Å². The molecule has 206 valence electrons. The van der Waals surface area contributed by atoms with E-state index >= 15 is 0 Å². The second-order valence-corrected chi connectivity index (χ2v) is 9.94. The number of methoxy groups -OCH3 is 1. The molecule has 0 spiro atoms. The molecule has 2 aromatic rings. The topological polar surface area (TPSA) is 89.1 Å². The first-order valence-corrected chi connectivity index (χ1v) is 12.8. The number of hydrogen-bond donors (Lipinski definition) is 1. The number of piperidine rings is 1. The highest BCUT2D eigenvalue weighted by molar-refractivity contribution is 5.94. The Morgan fingerprint density at radius 1 is 1.18 bits per heavy atom. The number of carbonyl (C=O) groups is 1. The predicted molar refractivity (Wildman–Crippen MR) is 132 cm³/mol. The van der Waals surface area contributed by atoms with Gasteiger partial charge < -0.3 is 29.3 Å². The van der Waals surface area contributed by atoms with Crippen LogP contribution in [0.1, 0.15) is 46.4 Å². The van der Waals surface area contributed by atoms with Crippen LogP contribution in [0, 0.1) is 6.92 Å². The maximum atomic E-state index is 13.4. The number of likely N-dealkylation sites (tertiary alicyclic amines) is 1. The number of halogens is 3. The van der Waals surface area contributed by atoms with Gasteiger partial charge >= 0.3 is 6.18 Å². The summed E-state index contributed by atoms with van der Waals surface area (Å²) in [5.74, 6) is 0.697. The highest BCUT2D eigenvalue weighted by Crippen LogP contribution is 2.35. The summed E-state index contributed by atoms with van der Waals surface area (Å²) < 4.78 is 56.4. The molecule has 3 aliphatic heterocycles. The molecule has 9 nitrogen and oxygen atoms in total. The number of alkyl halides is 3. The summed E-state index contributed by atoms with van der Waals surface area (Å²) in [5.41, 5.74) is 0.540. The van der Waals surface area contributed by atoms with Crippen LogP contribution < -0.4 is 15.0 Å². The van der Waals surface area contributed by atoms with Gasteiger partial charge in [0.15, 0.2) is 6.73 Å². The quantitative estimate of drug-likeness (QED) is 0.625. The van der Waals surface area contributed by atoms with Crippen LogP contribution in [0.25, 0.3) is 0 Å². The number of nitrogens with zero attached hydrogens (tertiary/aromatic N) is 4. The number of benzene rings is 1. The van der Waals surface area contributed by atoms with Gasteiger partial charge in [0.2, 0.25) is 0 Å². The molecule has 0 saturated carbocycles. The molecular weight excluding hydrogens is 503 g/mol. The molecule has 2 unspecified atom stereocenters. The van der Waals surface area contributed by atoms with Crippen molar-refractivity contribution in [3.05, 3.63) is 46.9 Å². The van der Waals surface area contributed by atoms with Crippen molar-refractivity contribution in [2.75, 3.05) is 45.0 Å². The van der Waals surface area contributed by atoms with Crippen molar-refractivity contribution in [3.63, 3.8) is 0 Å². The minimum atomic E-state index is -4.44. The Hall–Kier alpha value is -2.96. The Labute approximate surface area is 219 Å². The summed E-state index contributed by atoms with van der Waals surface area (Å²) in [6.07, 6.45) is -0.578. The molecule has 12 heteroatoms. The van der Waals surface area contributed by atoms with Crippen molar-refractivity contribution in [2.24, 2.45) is 0 Å². The fourth-order valence-corrected chi connectivity index (χ4v) is 5.37. The summed E-state index contributed by atoms with van der Waals surface area (Å²) in [4.78, 5) is 25.5. The molecule has 5 rings (SSSR count). The van der Waals surface area contributed by atoms with E-state index in [1.54, 1.807) is 23.8 Å². The van der Waals surface area contributed by atoms with Crippen molar-refractivity contribution >= 4 is 11.7 Å². The second kappa shape index (κ2) is 11.0. The van der Waals surface area contributed by atoms with Gasteiger partial charge in [-0.25, -0.2) is 9.97 Å². The summed E-state index contributed by atoms with van der Waals surface area (Å²) in [5, 5.41) is 3.68. The number of hydrogen-bond acceptors (Lipinski definition) is 8. The average molecular weight is 536 g/mol. The summed E-state index contributed by atoms with van der Waals surface area (Å²) in [6.45, 7) is 4.52. The molecule has 4 heterocycles. The third-order valence-electron chi connectivity index (χ3n) is 7.52. The first-order valence-electron chi connectivity index (χ1n) is 12.8. The predicted octanol–water partition coefficient (Wildman–Crippen LogP) is 3.16. The zero-order valence-electron chi connectivity index (χ0n) is 21.5. The molecule has 1 amide bonds. The zero-order valence-corrected chi connectivity index (χ0v) is 21.5. The standard InChI is InChI=1S/C26H32F3N5O4/c1-16-23(25(35)33-8-5-19(6-9-33)32-20-7-10-37-13-22(20)36-2)30-14-31-24(16)34-12-17-11-18(26(27,28)29)3-4-21(17)38-15-34/h3-4,11,14,19-20,22,32H,5-10,12-13,15H2,1-2H3. The Bertz CT molecular complexity index is 1160.